The Labute approximate surface area is 168 Å². The summed E-state index contributed by atoms with van der Waals surface area (Å²) in [6.07, 6.45) is 0. The van der Waals surface area contributed by atoms with Crippen molar-refractivity contribution in [3.8, 4) is 5.75 Å². The van der Waals surface area contributed by atoms with Crippen molar-refractivity contribution >= 4 is 33.0 Å². The van der Waals surface area contributed by atoms with Gasteiger partial charge in [0.15, 0.2) is 4.90 Å². The summed E-state index contributed by atoms with van der Waals surface area (Å²) in [6.45, 7) is 3.76. The first kappa shape index (κ1) is 20.4. The fraction of sp³-hybridized carbons (Fsp3) is 0.333. The molecule has 0 amide bonds. The standard InChI is InChI=1S/C18H20ClN3O5S/c1-2-27-17-6-4-3-5-15(17)20-9-11-21(12-10-20)28(25,26)18-8-7-14(19)13-16(18)22(23)24/h3-8,13H,2,9-12H2,1H3. The molecule has 10 heteroatoms. The van der Waals surface area contributed by atoms with E-state index in [4.69, 9.17) is 16.3 Å². The molecule has 0 bridgehead atoms. The molecule has 0 spiro atoms. The molecule has 2 aromatic carbocycles. The highest BCUT2D eigenvalue weighted by Crippen LogP contribution is 2.32. The van der Waals surface area contributed by atoms with E-state index in [1.165, 1.54) is 16.4 Å². The van der Waals surface area contributed by atoms with Gasteiger partial charge < -0.3 is 9.64 Å². The fourth-order valence-electron chi connectivity index (χ4n) is 3.16. The Morgan fingerprint density at radius 3 is 2.46 bits per heavy atom. The van der Waals surface area contributed by atoms with Crippen LogP contribution in [0.3, 0.4) is 0 Å². The average Bonchev–Trinajstić information content (AvgIpc) is 2.68. The topological polar surface area (TPSA) is 93.0 Å². The number of anilines is 1. The van der Waals surface area contributed by atoms with Crippen LogP contribution < -0.4 is 9.64 Å². The van der Waals surface area contributed by atoms with Crippen LogP contribution in [0.4, 0.5) is 11.4 Å². The van der Waals surface area contributed by atoms with Gasteiger partial charge in [0.2, 0.25) is 10.0 Å². The quantitative estimate of drug-likeness (QED) is 0.521. The molecule has 0 radical (unpaired) electrons. The molecule has 1 aliphatic heterocycles. The molecule has 0 unspecified atom stereocenters. The lowest BCUT2D eigenvalue weighted by Crippen LogP contribution is -2.48. The molecule has 8 nitrogen and oxygen atoms in total. The number of hydrogen-bond donors (Lipinski definition) is 0. The second kappa shape index (κ2) is 8.34. The smallest absolute Gasteiger partial charge is 0.290 e. The molecule has 3 rings (SSSR count). The third kappa shape index (κ3) is 4.06. The van der Waals surface area contributed by atoms with Gasteiger partial charge in [0.25, 0.3) is 5.69 Å². The summed E-state index contributed by atoms with van der Waals surface area (Å²) in [5.74, 6) is 0.745. The summed E-state index contributed by atoms with van der Waals surface area (Å²) in [5, 5.41) is 11.4. The predicted octanol–water partition coefficient (Wildman–Crippen LogP) is 3.16. The molecule has 28 heavy (non-hydrogen) atoms. The molecular weight excluding hydrogens is 406 g/mol. The van der Waals surface area contributed by atoms with Crippen molar-refractivity contribution < 1.29 is 18.1 Å². The van der Waals surface area contributed by atoms with Crippen LogP contribution >= 0.6 is 11.6 Å². The normalized spacial score (nSPS) is 15.4. The van der Waals surface area contributed by atoms with Gasteiger partial charge in [0.05, 0.1) is 17.2 Å². The van der Waals surface area contributed by atoms with Gasteiger partial charge in [-0.15, -0.1) is 0 Å². The van der Waals surface area contributed by atoms with E-state index in [2.05, 4.69) is 0 Å². The van der Waals surface area contributed by atoms with Crippen molar-refractivity contribution in [2.45, 2.75) is 11.8 Å². The lowest BCUT2D eigenvalue weighted by Gasteiger charge is -2.35. The Morgan fingerprint density at radius 1 is 1.14 bits per heavy atom. The van der Waals surface area contributed by atoms with Crippen molar-refractivity contribution in [1.29, 1.82) is 0 Å². The Kier molecular flexibility index (Phi) is 6.07. The lowest BCUT2D eigenvalue weighted by molar-refractivity contribution is -0.387. The Balaban J connectivity index is 1.81. The summed E-state index contributed by atoms with van der Waals surface area (Å²) >= 11 is 5.79. The number of piperazine rings is 1. The zero-order valence-corrected chi connectivity index (χ0v) is 16.8. The van der Waals surface area contributed by atoms with Gasteiger partial charge in [-0.2, -0.15) is 4.31 Å². The van der Waals surface area contributed by atoms with Gasteiger partial charge >= 0.3 is 0 Å². The lowest BCUT2D eigenvalue weighted by atomic mass is 10.2. The molecule has 1 aliphatic rings. The molecule has 0 atom stereocenters. The van der Waals surface area contributed by atoms with E-state index in [1.54, 1.807) is 0 Å². The minimum Gasteiger partial charge on any atom is -0.492 e. The highest BCUT2D eigenvalue weighted by Gasteiger charge is 2.34. The van der Waals surface area contributed by atoms with E-state index in [9.17, 15) is 18.5 Å². The van der Waals surface area contributed by atoms with E-state index < -0.39 is 20.6 Å². The number of sulfonamides is 1. The summed E-state index contributed by atoms with van der Waals surface area (Å²) in [7, 11) is -4.01. The van der Waals surface area contributed by atoms with E-state index >= 15 is 0 Å². The summed E-state index contributed by atoms with van der Waals surface area (Å²) < 4.78 is 32.9. The number of halogens is 1. The second-order valence-corrected chi connectivity index (χ2v) is 8.50. The van der Waals surface area contributed by atoms with Crippen molar-refractivity contribution in [2.75, 3.05) is 37.7 Å². The Morgan fingerprint density at radius 2 is 1.82 bits per heavy atom. The molecule has 0 aliphatic carbocycles. The predicted molar refractivity (Wildman–Crippen MR) is 107 cm³/mol. The van der Waals surface area contributed by atoms with E-state index in [1.807, 2.05) is 36.1 Å². The molecule has 2 aromatic rings. The van der Waals surface area contributed by atoms with Gasteiger partial charge in [-0.25, -0.2) is 8.42 Å². The zero-order valence-electron chi connectivity index (χ0n) is 15.2. The van der Waals surface area contributed by atoms with Crippen LogP contribution in [0.5, 0.6) is 5.75 Å². The van der Waals surface area contributed by atoms with Crippen LogP contribution in [-0.4, -0.2) is 50.4 Å². The van der Waals surface area contributed by atoms with Crippen LogP contribution in [0.2, 0.25) is 5.02 Å². The monoisotopic (exact) mass is 425 g/mol. The number of hydrogen-bond acceptors (Lipinski definition) is 6. The minimum absolute atomic E-state index is 0.114. The summed E-state index contributed by atoms with van der Waals surface area (Å²) in [4.78, 5) is 12.3. The van der Waals surface area contributed by atoms with Gasteiger partial charge in [0, 0.05) is 37.3 Å². The van der Waals surface area contributed by atoms with Crippen LogP contribution in [0.25, 0.3) is 0 Å². The highest BCUT2D eigenvalue weighted by atomic mass is 35.5. The van der Waals surface area contributed by atoms with Gasteiger partial charge in [-0.05, 0) is 31.2 Å². The first-order chi connectivity index (χ1) is 13.3. The number of para-hydroxylation sites is 2. The van der Waals surface area contributed by atoms with Crippen molar-refractivity contribution in [3.05, 3.63) is 57.6 Å². The van der Waals surface area contributed by atoms with E-state index in [0.29, 0.717) is 19.7 Å². The maximum atomic E-state index is 13.0. The third-order valence-corrected chi connectivity index (χ3v) is 6.66. The minimum atomic E-state index is -4.01. The molecule has 1 fully saturated rings. The molecular formula is C18H20ClN3O5S. The zero-order chi connectivity index (χ0) is 20.3. The highest BCUT2D eigenvalue weighted by molar-refractivity contribution is 7.89. The van der Waals surface area contributed by atoms with Crippen molar-refractivity contribution in [3.63, 3.8) is 0 Å². The summed E-state index contributed by atoms with van der Waals surface area (Å²) in [5.41, 5.74) is 0.385. The number of nitro benzene ring substituents is 1. The van der Waals surface area contributed by atoms with Crippen LogP contribution in [0.1, 0.15) is 6.92 Å². The van der Waals surface area contributed by atoms with Crippen molar-refractivity contribution in [1.82, 2.24) is 4.31 Å². The first-order valence-electron chi connectivity index (χ1n) is 8.75. The number of ether oxygens (including phenoxy) is 1. The van der Waals surface area contributed by atoms with Gasteiger partial charge in [0.1, 0.15) is 5.75 Å². The van der Waals surface area contributed by atoms with Crippen LogP contribution in [0.15, 0.2) is 47.4 Å². The Bertz CT molecular complexity index is 975. The summed E-state index contributed by atoms with van der Waals surface area (Å²) in [6, 6.07) is 11.2. The molecule has 0 aromatic heterocycles. The SMILES string of the molecule is CCOc1ccccc1N1CCN(S(=O)(=O)c2ccc(Cl)cc2[N+](=O)[O-])CC1. The molecule has 0 N–H and O–H groups in total. The molecule has 1 heterocycles. The largest absolute Gasteiger partial charge is 0.492 e. The van der Waals surface area contributed by atoms with E-state index in [-0.39, 0.29) is 23.0 Å². The van der Waals surface area contributed by atoms with Crippen molar-refractivity contribution in [2.24, 2.45) is 0 Å². The Hall–Kier alpha value is -2.36. The van der Waals surface area contributed by atoms with Gasteiger partial charge in [-0.3, -0.25) is 10.1 Å². The number of rotatable bonds is 6. The van der Waals surface area contributed by atoms with Crippen LogP contribution in [0, 0.1) is 10.1 Å². The van der Waals surface area contributed by atoms with Gasteiger partial charge in [-0.1, -0.05) is 23.7 Å². The second-order valence-electron chi connectivity index (χ2n) is 6.16. The van der Waals surface area contributed by atoms with E-state index in [0.717, 1.165) is 17.5 Å². The number of nitro groups is 1. The fourth-order valence-corrected chi connectivity index (χ4v) is 4.88. The first-order valence-corrected chi connectivity index (χ1v) is 10.6. The molecule has 0 saturated carbocycles. The van der Waals surface area contributed by atoms with Crippen LogP contribution in [-0.2, 0) is 10.0 Å². The molecule has 150 valence electrons. The molecule has 1 saturated heterocycles. The third-order valence-electron chi connectivity index (χ3n) is 4.48. The average molecular weight is 426 g/mol. The maximum Gasteiger partial charge on any atom is 0.290 e. The number of nitrogens with zero attached hydrogens (tertiary/aromatic N) is 3. The number of benzene rings is 2. The maximum absolute atomic E-state index is 13.0.